The van der Waals surface area contributed by atoms with Crippen LogP contribution in [0, 0.1) is 0 Å². The number of nitrogens with zero attached hydrogens (tertiary/aromatic N) is 3. The lowest BCUT2D eigenvalue weighted by atomic mass is 9.84. The lowest BCUT2D eigenvalue weighted by Crippen LogP contribution is -2.38. The topological polar surface area (TPSA) is 68.0 Å². The van der Waals surface area contributed by atoms with Crippen molar-refractivity contribution in [3.63, 3.8) is 0 Å². The van der Waals surface area contributed by atoms with Gasteiger partial charge in [-0.1, -0.05) is 17.7 Å². The Kier molecular flexibility index (Phi) is 2.97. The zero-order valence-corrected chi connectivity index (χ0v) is 11.5. The zero-order valence-electron chi connectivity index (χ0n) is 10.7. The fraction of sp³-hybridized carbons (Fsp3) is 0.462. The highest BCUT2D eigenvalue weighted by molar-refractivity contribution is 8.00. The Morgan fingerprint density at radius 2 is 2.32 bits per heavy atom. The molecule has 1 aromatic carbocycles. The van der Waals surface area contributed by atoms with Crippen molar-refractivity contribution in [3.05, 3.63) is 23.8 Å². The molecule has 0 aliphatic heterocycles. The third-order valence-electron chi connectivity index (χ3n) is 3.90. The second-order valence-corrected chi connectivity index (χ2v) is 6.24. The first kappa shape index (κ1) is 12.5. The van der Waals surface area contributed by atoms with E-state index in [9.17, 15) is 9.90 Å². The molecule has 0 saturated heterocycles. The monoisotopic (exact) mass is 277 g/mol. The maximum absolute atomic E-state index is 11.3. The van der Waals surface area contributed by atoms with Crippen LogP contribution in [0.3, 0.4) is 0 Å². The average molecular weight is 277 g/mol. The van der Waals surface area contributed by atoms with Gasteiger partial charge in [-0.05, 0) is 31.2 Å². The van der Waals surface area contributed by atoms with Gasteiger partial charge in [-0.2, -0.15) is 11.8 Å². The lowest BCUT2D eigenvalue weighted by molar-refractivity contribution is 0.0698. The van der Waals surface area contributed by atoms with Gasteiger partial charge in [-0.15, -0.1) is 5.10 Å². The van der Waals surface area contributed by atoms with Gasteiger partial charge >= 0.3 is 5.97 Å². The molecule has 1 N–H and O–H groups in total. The summed E-state index contributed by atoms with van der Waals surface area (Å²) in [7, 11) is 0. The molecule has 0 atom stereocenters. The number of rotatable bonds is 4. The van der Waals surface area contributed by atoms with E-state index in [4.69, 9.17) is 0 Å². The molecular formula is C13H15N3O2S. The minimum atomic E-state index is -0.930. The van der Waals surface area contributed by atoms with E-state index < -0.39 is 5.97 Å². The second-order valence-electron chi connectivity index (χ2n) is 4.97. The van der Waals surface area contributed by atoms with Gasteiger partial charge in [0.2, 0.25) is 0 Å². The summed E-state index contributed by atoms with van der Waals surface area (Å²) >= 11 is 1.84. The largest absolute Gasteiger partial charge is 0.478 e. The number of para-hydroxylation sites is 1. The summed E-state index contributed by atoms with van der Waals surface area (Å²) in [6.45, 7) is 0.731. The van der Waals surface area contributed by atoms with Crippen molar-refractivity contribution in [1.29, 1.82) is 0 Å². The van der Waals surface area contributed by atoms with E-state index in [1.54, 1.807) is 22.9 Å². The number of hydrogen-bond donors (Lipinski definition) is 1. The molecule has 1 heterocycles. The third-order valence-corrected chi connectivity index (χ3v) is 5.30. The van der Waals surface area contributed by atoms with Gasteiger partial charge in [0.05, 0.1) is 12.1 Å². The zero-order chi connectivity index (χ0) is 13.5. The van der Waals surface area contributed by atoms with E-state index in [2.05, 4.69) is 16.6 Å². The number of aromatic nitrogens is 3. The van der Waals surface area contributed by atoms with Crippen LogP contribution < -0.4 is 0 Å². The number of benzene rings is 1. The SMILES string of the molecule is CSC1(Cn2nnc3cccc(C(=O)O)c32)CCC1. The Labute approximate surface area is 115 Å². The molecule has 0 amide bonds. The Balaban J connectivity index is 2.06. The van der Waals surface area contributed by atoms with E-state index in [0.29, 0.717) is 11.0 Å². The minimum Gasteiger partial charge on any atom is -0.478 e. The molecule has 5 nitrogen and oxygen atoms in total. The number of fused-ring (bicyclic) bond motifs is 1. The fourth-order valence-corrected chi connectivity index (χ4v) is 3.53. The van der Waals surface area contributed by atoms with Crippen LogP contribution in [0.25, 0.3) is 11.0 Å². The van der Waals surface area contributed by atoms with Gasteiger partial charge in [0.15, 0.2) is 0 Å². The molecular weight excluding hydrogens is 262 g/mol. The van der Waals surface area contributed by atoms with Crippen molar-refractivity contribution in [2.75, 3.05) is 6.26 Å². The molecule has 0 spiro atoms. The standard InChI is InChI=1S/C13H15N3O2S/c1-19-13(6-3-7-13)8-16-11-9(12(17)18)4-2-5-10(11)14-15-16/h2,4-5H,3,6-8H2,1H3,(H,17,18). The summed E-state index contributed by atoms with van der Waals surface area (Å²) < 4.78 is 1.96. The van der Waals surface area contributed by atoms with Crippen LogP contribution in [0.1, 0.15) is 29.6 Å². The Hall–Kier alpha value is -1.56. The normalized spacial score (nSPS) is 17.3. The summed E-state index contributed by atoms with van der Waals surface area (Å²) in [4.78, 5) is 11.3. The van der Waals surface area contributed by atoms with Crippen LogP contribution in [-0.2, 0) is 6.54 Å². The van der Waals surface area contributed by atoms with Crippen molar-refractivity contribution in [2.24, 2.45) is 0 Å². The van der Waals surface area contributed by atoms with Crippen molar-refractivity contribution >= 4 is 28.8 Å². The quantitative estimate of drug-likeness (QED) is 0.929. The highest BCUT2D eigenvalue weighted by atomic mass is 32.2. The first-order valence-corrected chi connectivity index (χ1v) is 7.48. The Morgan fingerprint density at radius 3 is 2.89 bits per heavy atom. The molecule has 6 heteroatoms. The summed E-state index contributed by atoms with van der Waals surface area (Å²) in [5.41, 5.74) is 1.56. The third kappa shape index (κ3) is 2.00. The second kappa shape index (κ2) is 4.52. The van der Waals surface area contributed by atoms with Gasteiger partial charge in [0, 0.05) is 4.75 Å². The molecule has 0 bridgehead atoms. The molecule has 19 heavy (non-hydrogen) atoms. The lowest BCUT2D eigenvalue weighted by Gasteiger charge is -2.40. The van der Waals surface area contributed by atoms with Crippen molar-refractivity contribution in [1.82, 2.24) is 15.0 Å². The number of hydrogen-bond acceptors (Lipinski definition) is 4. The first-order valence-electron chi connectivity index (χ1n) is 6.26. The number of aromatic carboxylic acids is 1. The molecule has 100 valence electrons. The van der Waals surface area contributed by atoms with Crippen molar-refractivity contribution in [3.8, 4) is 0 Å². The van der Waals surface area contributed by atoms with E-state index in [1.807, 2.05) is 11.8 Å². The van der Waals surface area contributed by atoms with Gasteiger partial charge in [0.25, 0.3) is 0 Å². The number of thioether (sulfide) groups is 1. The van der Waals surface area contributed by atoms with Crippen LogP contribution in [0.4, 0.5) is 0 Å². The predicted molar refractivity (Wildman–Crippen MR) is 74.6 cm³/mol. The Bertz CT molecular complexity index is 628. The van der Waals surface area contributed by atoms with Crippen LogP contribution in [0.2, 0.25) is 0 Å². The maximum Gasteiger partial charge on any atom is 0.337 e. The van der Waals surface area contributed by atoms with E-state index in [-0.39, 0.29) is 10.3 Å². The molecule has 1 aromatic heterocycles. The molecule has 1 fully saturated rings. The summed E-state index contributed by atoms with van der Waals surface area (Å²) in [5.74, 6) is -0.930. The summed E-state index contributed by atoms with van der Waals surface area (Å²) in [5, 5.41) is 17.5. The number of carboxylic acid groups (broad SMARTS) is 1. The molecule has 1 saturated carbocycles. The fourth-order valence-electron chi connectivity index (χ4n) is 2.58. The van der Waals surface area contributed by atoms with Crippen LogP contribution in [0.5, 0.6) is 0 Å². The van der Waals surface area contributed by atoms with Crippen LogP contribution >= 0.6 is 11.8 Å². The predicted octanol–water partition coefficient (Wildman–Crippen LogP) is 2.42. The highest BCUT2D eigenvalue weighted by Gasteiger charge is 2.37. The maximum atomic E-state index is 11.3. The number of carboxylic acids is 1. The number of carbonyl (C=O) groups is 1. The highest BCUT2D eigenvalue weighted by Crippen LogP contribution is 2.44. The molecule has 2 aromatic rings. The van der Waals surface area contributed by atoms with Crippen LogP contribution in [0.15, 0.2) is 18.2 Å². The van der Waals surface area contributed by atoms with E-state index in [0.717, 1.165) is 19.4 Å². The summed E-state index contributed by atoms with van der Waals surface area (Å²) in [6, 6.07) is 5.12. The minimum absolute atomic E-state index is 0.201. The van der Waals surface area contributed by atoms with Gasteiger partial charge in [-0.3, -0.25) is 0 Å². The van der Waals surface area contributed by atoms with E-state index >= 15 is 0 Å². The molecule has 0 unspecified atom stereocenters. The van der Waals surface area contributed by atoms with Gasteiger partial charge < -0.3 is 5.11 Å². The van der Waals surface area contributed by atoms with Crippen molar-refractivity contribution in [2.45, 2.75) is 30.6 Å². The average Bonchev–Trinajstić information content (AvgIpc) is 2.76. The molecule has 1 aliphatic rings. The van der Waals surface area contributed by atoms with Crippen molar-refractivity contribution < 1.29 is 9.90 Å². The molecule has 0 radical (unpaired) electrons. The first-order chi connectivity index (χ1) is 9.15. The van der Waals surface area contributed by atoms with Crippen LogP contribution in [-0.4, -0.2) is 37.1 Å². The Morgan fingerprint density at radius 1 is 1.53 bits per heavy atom. The van der Waals surface area contributed by atoms with Gasteiger partial charge in [-0.25, -0.2) is 9.48 Å². The van der Waals surface area contributed by atoms with Gasteiger partial charge in [0.1, 0.15) is 11.0 Å². The molecule has 3 rings (SSSR count). The smallest absolute Gasteiger partial charge is 0.337 e. The van der Waals surface area contributed by atoms with E-state index in [1.165, 1.54) is 6.42 Å². The summed E-state index contributed by atoms with van der Waals surface area (Å²) in [6.07, 6.45) is 5.66. The molecule has 1 aliphatic carbocycles.